The van der Waals surface area contributed by atoms with Crippen molar-refractivity contribution < 1.29 is 0 Å². The van der Waals surface area contributed by atoms with Gasteiger partial charge < -0.3 is 0 Å². The smallest absolute Gasteiger partial charge is 0.160 e. The molecule has 2 nitrogen and oxygen atoms in total. The molecular formula is C55H34N2S. The lowest BCUT2D eigenvalue weighted by molar-refractivity contribution is 0.722. The van der Waals surface area contributed by atoms with E-state index < -0.39 is 0 Å². The molecule has 1 spiro atoms. The molecule has 10 aromatic rings. The lowest BCUT2D eigenvalue weighted by atomic mass is 9.67. The first kappa shape index (κ1) is 33.1. The van der Waals surface area contributed by atoms with Gasteiger partial charge in [0.05, 0.1) is 16.8 Å². The second-order valence-corrected chi connectivity index (χ2v) is 16.4. The van der Waals surface area contributed by atoms with Crippen LogP contribution in [0, 0.1) is 0 Å². The summed E-state index contributed by atoms with van der Waals surface area (Å²) in [6.45, 7) is 0. The SMILES string of the molecule is c1ccc(-c2nc(-c3cccc(-c4ccc5c(c4)Sc4ccccc4C54c5ccccc5-c5ccccc54)c3)cc(-c3ccc4c(ccc5ccccc54)c3)n2)cc1. The number of aromatic nitrogens is 2. The van der Waals surface area contributed by atoms with Crippen LogP contribution in [-0.2, 0) is 5.41 Å². The van der Waals surface area contributed by atoms with Crippen molar-refractivity contribution in [3.8, 4) is 56.2 Å². The van der Waals surface area contributed by atoms with Crippen molar-refractivity contribution in [3.63, 3.8) is 0 Å². The van der Waals surface area contributed by atoms with E-state index >= 15 is 0 Å². The quantitative estimate of drug-likeness (QED) is 0.167. The van der Waals surface area contributed by atoms with E-state index in [4.69, 9.17) is 9.97 Å². The molecule has 0 N–H and O–H groups in total. The van der Waals surface area contributed by atoms with Crippen molar-refractivity contribution in [3.05, 3.63) is 229 Å². The zero-order valence-corrected chi connectivity index (χ0v) is 32.2. The molecule has 0 unspecified atom stereocenters. The van der Waals surface area contributed by atoms with E-state index in [2.05, 4.69) is 188 Å². The molecule has 3 heteroatoms. The van der Waals surface area contributed by atoms with Crippen LogP contribution in [0.25, 0.3) is 77.7 Å². The van der Waals surface area contributed by atoms with Crippen LogP contribution in [0.5, 0.6) is 0 Å². The molecular weight excluding hydrogens is 721 g/mol. The Bertz CT molecular complexity index is 3230. The highest BCUT2D eigenvalue weighted by atomic mass is 32.2. The number of rotatable bonds is 4. The van der Waals surface area contributed by atoms with Gasteiger partial charge in [0.25, 0.3) is 0 Å². The molecule has 0 bridgehead atoms. The van der Waals surface area contributed by atoms with E-state index in [1.165, 1.54) is 70.3 Å². The summed E-state index contributed by atoms with van der Waals surface area (Å²) >= 11 is 1.88. The second-order valence-electron chi connectivity index (χ2n) is 15.3. The Morgan fingerprint density at radius 2 is 0.897 bits per heavy atom. The van der Waals surface area contributed by atoms with Gasteiger partial charge in [-0.15, -0.1) is 0 Å². The molecule has 0 amide bonds. The number of hydrogen-bond donors (Lipinski definition) is 0. The van der Waals surface area contributed by atoms with Gasteiger partial charge in [-0.05, 0) is 96.4 Å². The standard InChI is InChI=1S/C55H34N2S/c1-2-14-36(15-3-1)54-56-50(34-51(57-54)41-27-29-43-39(32-41)26-25-35-13-4-5-18-42(35)43)40-17-12-16-37(31-40)38-28-30-49-53(33-38)58-52-24-11-10-23-48(52)55(49)46-21-8-6-19-44(46)45-20-7-9-22-47(45)55/h1-34H. The Morgan fingerprint density at radius 1 is 0.328 bits per heavy atom. The third-order valence-electron chi connectivity index (χ3n) is 12.1. The van der Waals surface area contributed by atoms with Crippen molar-refractivity contribution in [1.29, 1.82) is 0 Å². The maximum absolute atomic E-state index is 5.21. The van der Waals surface area contributed by atoms with Crippen molar-refractivity contribution in [2.45, 2.75) is 15.2 Å². The Labute approximate surface area is 341 Å². The highest BCUT2D eigenvalue weighted by molar-refractivity contribution is 7.99. The summed E-state index contributed by atoms with van der Waals surface area (Å²) in [6, 6.07) is 75.0. The Hall–Kier alpha value is -7.07. The van der Waals surface area contributed by atoms with E-state index in [1.807, 2.05) is 30.0 Å². The molecule has 1 aliphatic carbocycles. The molecule has 0 fully saturated rings. The number of fused-ring (bicyclic) bond motifs is 12. The minimum absolute atomic E-state index is 0.383. The summed E-state index contributed by atoms with van der Waals surface area (Å²) < 4.78 is 0. The van der Waals surface area contributed by atoms with Crippen LogP contribution in [0.4, 0.5) is 0 Å². The first-order chi connectivity index (χ1) is 28.7. The summed E-state index contributed by atoms with van der Waals surface area (Å²) in [6.07, 6.45) is 0. The van der Waals surface area contributed by atoms with Crippen LogP contribution in [0.15, 0.2) is 216 Å². The lowest BCUT2D eigenvalue weighted by Gasteiger charge is -2.39. The molecule has 0 saturated heterocycles. The molecule has 1 aliphatic heterocycles. The van der Waals surface area contributed by atoms with Gasteiger partial charge in [0.15, 0.2) is 5.82 Å². The van der Waals surface area contributed by atoms with E-state index in [0.29, 0.717) is 5.82 Å². The van der Waals surface area contributed by atoms with Crippen LogP contribution in [0.1, 0.15) is 22.3 Å². The fourth-order valence-corrected chi connectivity index (χ4v) is 10.8. The van der Waals surface area contributed by atoms with E-state index in [1.54, 1.807) is 0 Å². The largest absolute Gasteiger partial charge is 0.228 e. The maximum atomic E-state index is 5.21. The van der Waals surface area contributed by atoms with Gasteiger partial charge in [0, 0.05) is 26.5 Å². The first-order valence-electron chi connectivity index (χ1n) is 19.8. The zero-order valence-electron chi connectivity index (χ0n) is 31.4. The minimum atomic E-state index is -0.383. The number of nitrogens with zero attached hydrogens (tertiary/aromatic N) is 2. The summed E-state index contributed by atoms with van der Waals surface area (Å²) in [7, 11) is 0. The second kappa shape index (κ2) is 13.0. The van der Waals surface area contributed by atoms with Crippen LogP contribution in [0.2, 0.25) is 0 Å². The van der Waals surface area contributed by atoms with E-state index in [9.17, 15) is 0 Å². The van der Waals surface area contributed by atoms with Crippen molar-refractivity contribution in [1.82, 2.24) is 9.97 Å². The predicted octanol–water partition coefficient (Wildman–Crippen LogP) is 14.3. The molecule has 270 valence electrons. The minimum Gasteiger partial charge on any atom is -0.228 e. The molecule has 0 radical (unpaired) electrons. The summed E-state index contributed by atoms with van der Waals surface area (Å²) in [5, 5.41) is 4.94. The number of hydrogen-bond acceptors (Lipinski definition) is 3. The Morgan fingerprint density at radius 3 is 1.71 bits per heavy atom. The van der Waals surface area contributed by atoms with Crippen LogP contribution >= 0.6 is 11.8 Å². The molecule has 58 heavy (non-hydrogen) atoms. The molecule has 9 aromatic carbocycles. The zero-order chi connectivity index (χ0) is 38.2. The van der Waals surface area contributed by atoms with Crippen molar-refractivity contribution >= 4 is 33.3 Å². The predicted molar refractivity (Wildman–Crippen MR) is 240 cm³/mol. The van der Waals surface area contributed by atoms with Crippen molar-refractivity contribution in [2.24, 2.45) is 0 Å². The van der Waals surface area contributed by atoms with Gasteiger partial charge in [0.1, 0.15) is 0 Å². The maximum Gasteiger partial charge on any atom is 0.160 e. The highest BCUT2D eigenvalue weighted by Crippen LogP contribution is 2.62. The van der Waals surface area contributed by atoms with Crippen LogP contribution in [0.3, 0.4) is 0 Å². The van der Waals surface area contributed by atoms with Gasteiger partial charge in [-0.1, -0.05) is 188 Å². The van der Waals surface area contributed by atoms with Crippen LogP contribution < -0.4 is 0 Å². The van der Waals surface area contributed by atoms with Gasteiger partial charge in [-0.2, -0.15) is 0 Å². The third kappa shape index (κ3) is 5.00. The summed E-state index contributed by atoms with van der Waals surface area (Å²) in [5.74, 6) is 0.711. The summed E-state index contributed by atoms with van der Waals surface area (Å²) in [5.41, 5.74) is 14.9. The Balaban J connectivity index is 0.990. The average molecular weight is 755 g/mol. The molecule has 0 atom stereocenters. The monoisotopic (exact) mass is 754 g/mol. The number of benzene rings is 9. The first-order valence-corrected chi connectivity index (χ1v) is 20.6. The summed E-state index contributed by atoms with van der Waals surface area (Å²) in [4.78, 5) is 13.0. The molecule has 2 heterocycles. The lowest BCUT2D eigenvalue weighted by Crippen LogP contribution is -2.31. The molecule has 1 aromatic heterocycles. The topological polar surface area (TPSA) is 25.8 Å². The average Bonchev–Trinajstić information content (AvgIpc) is 3.59. The van der Waals surface area contributed by atoms with E-state index in [-0.39, 0.29) is 5.41 Å². The molecule has 2 aliphatic rings. The van der Waals surface area contributed by atoms with Crippen molar-refractivity contribution in [2.75, 3.05) is 0 Å². The van der Waals surface area contributed by atoms with Gasteiger partial charge in [0.2, 0.25) is 0 Å². The highest BCUT2D eigenvalue weighted by Gasteiger charge is 2.50. The Kier molecular flexibility index (Phi) is 7.41. The fraction of sp³-hybridized carbons (Fsp3) is 0.0182. The molecule has 0 saturated carbocycles. The van der Waals surface area contributed by atoms with E-state index in [0.717, 1.165) is 33.6 Å². The van der Waals surface area contributed by atoms with Crippen LogP contribution in [-0.4, -0.2) is 9.97 Å². The van der Waals surface area contributed by atoms with Gasteiger partial charge >= 0.3 is 0 Å². The molecule has 12 rings (SSSR count). The van der Waals surface area contributed by atoms with Gasteiger partial charge in [-0.3, -0.25) is 0 Å². The van der Waals surface area contributed by atoms with Gasteiger partial charge in [-0.25, -0.2) is 9.97 Å². The normalized spacial score (nSPS) is 13.2. The third-order valence-corrected chi connectivity index (χ3v) is 13.3. The fourth-order valence-electron chi connectivity index (χ4n) is 9.53.